The first-order chi connectivity index (χ1) is 14.4. The van der Waals surface area contributed by atoms with E-state index in [-0.39, 0.29) is 35.5 Å². The van der Waals surface area contributed by atoms with Crippen molar-refractivity contribution in [1.82, 2.24) is 15.1 Å². The van der Waals surface area contributed by atoms with E-state index in [0.717, 1.165) is 63.0 Å². The molecule has 6 nitrogen and oxygen atoms in total. The molecule has 2 fully saturated rings. The molecule has 1 N–H and O–H groups in total. The summed E-state index contributed by atoms with van der Waals surface area (Å²) in [6, 6.07) is 8.22. The van der Waals surface area contributed by atoms with Crippen molar-refractivity contribution in [1.29, 1.82) is 0 Å². The van der Waals surface area contributed by atoms with Gasteiger partial charge >= 0.3 is 0 Å². The van der Waals surface area contributed by atoms with E-state index >= 15 is 0 Å². The minimum Gasteiger partial charge on any atom is -0.354 e. The number of nitrogens with zero attached hydrogens (tertiary/aromatic N) is 2. The Morgan fingerprint density at radius 3 is 2.33 bits per heavy atom. The minimum absolute atomic E-state index is 0.0863. The van der Waals surface area contributed by atoms with E-state index in [2.05, 4.69) is 10.2 Å². The lowest BCUT2D eigenvalue weighted by Gasteiger charge is -2.42. The lowest BCUT2D eigenvalue weighted by atomic mass is 9.92. The molecule has 3 aliphatic rings. The Kier molecular flexibility index (Phi) is 6.23. The number of nitrogens with one attached hydrogen (secondary N) is 1. The highest BCUT2D eigenvalue weighted by Gasteiger charge is 2.38. The zero-order valence-electron chi connectivity index (χ0n) is 18.1. The molecule has 2 saturated heterocycles. The van der Waals surface area contributed by atoms with Gasteiger partial charge in [-0.3, -0.25) is 14.4 Å². The molecule has 2 amide bonds. The monoisotopic (exact) mass is 411 g/mol. The van der Waals surface area contributed by atoms with Crippen LogP contribution in [0.25, 0.3) is 0 Å². The Morgan fingerprint density at radius 1 is 1.00 bits per heavy atom. The minimum atomic E-state index is -0.305. The highest BCUT2D eigenvalue weighted by molar-refractivity contribution is 6.06. The summed E-state index contributed by atoms with van der Waals surface area (Å²) in [7, 11) is 0. The van der Waals surface area contributed by atoms with Crippen molar-refractivity contribution in [2.45, 2.75) is 64.0 Å². The molecule has 1 aromatic rings. The van der Waals surface area contributed by atoms with Crippen molar-refractivity contribution in [3.8, 4) is 0 Å². The highest BCUT2D eigenvalue weighted by Crippen LogP contribution is 2.35. The molecule has 162 valence electrons. The molecule has 30 heavy (non-hydrogen) atoms. The van der Waals surface area contributed by atoms with Crippen LogP contribution in [0.2, 0.25) is 0 Å². The summed E-state index contributed by atoms with van der Waals surface area (Å²) in [6.45, 7) is 7.43. The lowest BCUT2D eigenvalue weighted by molar-refractivity contribution is -0.134. The molecule has 1 aliphatic carbocycles. The second kappa shape index (κ2) is 8.88. The number of hydrogen-bond donors (Lipinski definition) is 1. The Morgan fingerprint density at radius 2 is 1.67 bits per heavy atom. The number of carbonyl (C=O) groups is 3. The molecule has 0 saturated carbocycles. The first-order valence-electron chi connectivity index (χ1n) is 11.4. The molecule has 0 spiro atoms. The fourth-order valence-corrected chi connectivity index (χ4v) is 5.28. The van der Waals surface area contributed by atoms with Crippen LogP contribution < -0.4 is 5.32 Å². The molecule has 4 rings (SSSR count). The normalized spacial score (nSPS) is 23.6. The summed E-state index contributed by atoms with van der Waals surface area (Å²) >= 11 is 0. The van der Waals surface area contributed by atoms with Gasteiger partial charge in [-0.25, -0.2) is 0 Å². The summed E-state index contributed by atoms with van der Waals surface area (Å²) in [5.74, 6) is 0.209. The predicted octanol–water partition coefficient (Wildman–Crippen LogP) is 2.58. The molecular weight excluding hydrogens is 378 g/mol. The average Bonchev–Trinajstić information content (AvgIpc) is 3.10. The van der Waals surface area contributed by atoms with Crippen molar-refractivity contribution >= 4 is 17.6 Å². The first kappa shape index (κ1) is 21.0. The van der Waals surface area contributed by atoms with Gasteiger partial charge in [-0.1, -0.05) is 24.3 Å². The Balaban J connectivity index is 1.27. The Labute approximate surface area is 179 Å². The number of fused-ring (bicyclic) bond motifs is 1. The second-order valence-electron chi connectivity index (χ2n) is 9.30. The third kappa shape index (κ3) is 4.29. The number of benzene rings is 1. The van der Waals surface area contributed by atoms with E-state index in [0.29, 0.717) is 12.5 Å². The largest absolute Gasteiger partial charge is 0.354 e. The predicted molar refractivity (Wildman–Crippen MR) is 115 cm³/mol. The summed E-state index contributed by atoms with van der Waals surface area (Å²) < 4.78 is 0. The van der Waals surface area contributed by atoms with Gasteiger partial charge in [0.25, 0.3) is 0 Å². The third-order valence-corrected chi connectivity index (χ3v) is 6.95. The number of Topliss-reactive ketones (excluding diaryl/α,β-unsaturated/α-hetero) is 1. The van der Waals surface area contributed by atoms with Gasteiger partial charge in [-0.2, -0.15) is 0 Å². The molecular formula is C24H33N3O3. The van der Waals surface area contributed by atoms with Crippen LogP contribution in [-0.2, 0) is 9.59 Å². The first-order valence-corrected chi connectivity index (χ1v) is 11.4. The van der Waals surface area contributed by atoms with Crippen LogP contribution in [0.3, 0.4) is 0 Å². The van der Waals surface area contributed by atoms with E-state index in [1.54, 1.807) is 0 Å². The van der Waals surface area contributed by atoms with E-state index in [9.17, 15) is 14.4 Å². The van der Waals surface area contributed by atoms with Gasteiger partial charge in [0.1, 0.15) is 0 Å². The van der Waals surface area contributed by atoms with Crippen molar-refractivity contribution in [3.05, 3.63) is 35.4 Å². The molecule has 1 aromatic carbocycles. The quantitative estimate of drug-likeness (QED) is 0.827. The average molecular weight is 412 g/mol. The number of carbonyl (C=O) groups excluding carboxylic acids is 3. The van der Waals surface area contributed by atoms with Gasteiger partial charge in [0.05, 0.1) is 5.92 Å². The van der Waals surface area contributed by atoms with E-state index in [4.69, 9.17) is 0 Å². The maximum absolute atomic E-state index is 13.1. The topological polar surface area (TPSA) is 69.7 Å². The molecule has 0 radical (unpaired) electrons. The van der Waals surface area contributed by atoms with Gasteiger partial charge in [-0.05, 0) is 58.2 Å². The zero-order chi connectivity index (χ0) is 21.3. The molecule has 2 heterocycles. The van der Waals surface area contributed by atoms with Gasteiger partial charge in [-0.15, -0.1) is 0 Å². The highest BCUT2D eigenvalue weighted by atomic mass is 16.2. The SMILES string of the molecule is CC(C)NC(=O)C1CCN(C2CCN(C(=O)[C@H]3CC(=O)c4ccccc43)CC2)CC1. The smallest absolute Gasteiger partial charge is 0.230 e. The van der Waals surface area contributed by atoms with Gasteiger partial charge in [0.15, 0.2) is 5.78 Å². The maximum Gasteiger partial charge on any atom is 0.230 e. The standard InChI is InChI=1S/C24H33N3O3/c1-16(2)25-23(29)17-7-11-26(12-8-17)18-9-13-27(14-10-18)24(30)21-15-22(28)20-6-4-3-5-19(20)21/h3-6,16-18,21H,7-15H2,1-2H3,(H,25,29)/t21-/m0/s1. The summed E-state index contributed by atoms with van der Waals surface area (Å²) in [4.78, 5) is 42.1. The van der Waals surface area contributed by atoms with Gasteiger partial charge in [0, 0.05) is 43.1 Å². The number of hydrogen-bond acceptors (Lipinski definition) is 4. The van der Waals surface area contributed by atoms with Gasteiger partial charge < -0.3 is 15.1 Å². The molecule has 2 aliphatic heterocycles. The van der Waals surface area contributed by atoms with Crippen molar-refractivity contribution < 1.29 is 14.4 Å². The summed E-state index contributed by atoms with van der Waals surface area (Å²) in [5, 5.41) is 3.04. The fourth-order valence-electron chi connectivity index (χ4n) is 5.28. The van der Waals surface area contributed by atoms with Crippen molar-refractivity contribution in [2.75, 3.05) is 26.2 Å². The Hall–Kier alpha value is -2.21. The second-order valence-corrected chi connectivity index (χ2v) is 9.30. The molecule has 0 aromatic heterocycles. The van der Waals surface area contributed by atoms with Crippen LogP contribution in [0.5, 0.6) is 0 Å². The number of piperidine rings is 2. The van der Waals surface area contributed by atoms with E-state index in [1.807, 2.05) is 43.0 Å². The van der Waals surface area contributed by atoms with Crippen LogP contribution in [0.15, 0.2) is 24.3 Å². The van der Waals surface area contributed by atoms with Crippen LogP contribution in [0, 0.1) is 5.92 Å². The van der Waals surface area contributed by atoms with Crippen LogP contribution in [-0.4, -0.2) is 65.7 Å². The molecule has 0 unspecified atom stereocenters. The number of ketones is 1. The lowest BCUT2D eigenvalue weighted by Crippen LogP contribution is -2.51. The molecule has 1 atom stereocenters. The van der Waals surface area contributed by atoms with Crippen LogP contribution in [0.1, 0.15) is 67.8 Å². The van der Waals surface area contributed by atoms with Gasteiger partial charge in [0.2, 0.25) is 11.8 Å². The van der Waals surface area contributed by atoms with Crippen LogP contribution in [0.4, 0.5) is 0 Å². The summed E-state index contributed by atoms with van der Waals surface area (Å²) in [5.41, 5.74) is 1.62. The maximum atomic E-state index is 13.1. The summed E-state index contributed by atoms with van der Waals surface area (Å²) in [6.07, 6.45) is 4.08. The van der Waals surface area contributed by atoms with E-state index < -0.39 is 0 Å². The van der Waals surface area contributed by atoms with E-state index in [1.165, 1.54) is 0 Å². The zero-order valence-corrected chi connectivity index (χ0v) is 18.1. The third-order valence-electron chi connectivity index (χ3n) is 6.95. The number of rotatable bonds is 4. The molecule has 0 bridgehead atoms. The number of amides is 2. The van der Waals surface area contributed by atoms with Crippen molar-refractivity contribution in [2.24, 2.45) is 5.92 Å². The fraction of sp³-hybridized carbons (Fsp3) is 0.625. The molecule has 6 heteroatoms. The van der Waals surface area contributed by atoms with Crippen molar-refractivity contribution in [3.63, 3.8) is 0 Å². The Bertz CT molecular complexity index is 806. The number of likely N-dealkylation sites (tertiary alicyclic amines) is 2. The van der Waals surface area contributed by atoms with Crippen LogP contribution >= 0.6 is 0 Å².